The van der Waals surface area contributed by atoms with Gasteiger partial charge in [-0.3, -0.25) is 14.3 Å². The van der Waals surface area contributed by atoms with Crippen molar-refractivity contribution >= 4 is 45.3 Å². The van der Waals surface area contributed by atoms with E-state index in [1.54, 1.807) is 15.9 Å². The zero-order chi connectivity index (χ0) is 27.4. The molecule has 2 aliphatic carbocycles. The molecule has 0 atom stereocenters. The number of nitrogens with one attached hydrogen (secondary N) is 1. The number of benzene rings is 1. The Morgan fingerprint density at radius 3 is 2.23 bits per heavy atom. The number of hydrogen-bond acceptors (Lipinski definition) is 5. The van der Waals surface area contributed by atoms with Crippen LogP contribution >= 0.6 is 0 Å². The van der Waals surface area contributed by atoms with Crippen LogP contribution in [0.3, 0.4) is 0 Å². The van der Waals surface area contributed by atoms with Gasteiger partial charge in [-0.2, -0.15) is 5.10 Å². The lowest BCUT2D eigenvalue weighted by Crippen LogP contribution is -2.36. The molecule has 1 aromatic carbocycles. The number of rotatable bonds is 10. The van der Waals surface area contributed by atoms with Gasteiger partial charge in [0.1, 0.15) is 16.9 Å². The van der Waals surface area contributed by atoms with Crippen molar-refractivity contribution in [1.82, 2.24) is 33.7 Å². The first-order chi connectivity index (χ1) is 18.9. The minimum atomic E-state index is -0.0280. The molecule has 6 rings (SSSR count). The number of aromatic nitrogens is 5. The Morgan fingerprint density at radius 1 is 0.949 bits per heavy atom. The number of anilines is 2. The Morgan fingerprint density at radius 2 is 1.64 bits per heavy atom. The highest BCUT2D eigenvalue weighted by molar-refractivity contribution is 6.12. The number of amides is 2. The molecule has 3 aromatic heterocycles. The third kappa shape index (κ3) is 4.26. The third-order valence-electron chi connectivity index (χ3n) is 8.13. The van der Waals surface area contributed by atoms with E-state index in [1.807, 2.05) is 38.5 Å². The molecule has 10 nitrogen and oxygen atoms in total. The van der Waals surface area contributed by atoms with Crippen LogP contribution in [0.25, 0.3) is 21.9 Å². The maximum absolute atomic E-state index is 13.9. The van der Waals surface area contributed by atoms with Gasteiger partial charge < -0.3 is 24.3 Å². The molecule has 3 heterocycles. The summed E-state index contributed by atoms with van der Waals surface area (Å²) < 4.78 is 5.89. The summed E-state index contributed by atoms with van der Waals surface area (Å²) >= 11 is 0. The van der Waals surface area contributed by atoms with Gasteiger partial charge in [0.25, 0.3) is 11.8 Å². The lowest BCUT2D eigenvalue weighted by atomic mass is 10.1. The first-order valence-electron chi connectivity index (χ1n) is 14.3. The standard InChI is InChI=1S/C29H38N8O2/c1-6-34(7-2)28(38)24-16-25(32-36(24)9-4)31-21-15-22-20(27-26(21)30-17-33(27)5)14-23(35(22)8-3)29(39)37(18-10-11-18)19-12-13-19/h14-19H,6-13H2,1-5H3,(H,31,32). The molecule has 0 aliphatic heterocycles. The van der Waals surface area contributed by atoms with Crippen LogP contribution in [0, 0.1) is 0 Å². The molecule has 2 aliphatic rings. The van der Waals surface area contributed by atoms with E-state index in [1.165, 1.54) is 0 Å². The van der Waals surface area contributed by atoms with E-state index in [-0.39, 0.29) is 11.8 Å². The largest absolute Gasteiger partial charge is 0.338 e. The number of fused-ring (bicyclic) bond motifs is 3. The van der Waals surface area contributed by atoms with Crippen molar-refractivity contribution in [3.8, 4) is 0 Å². The van der Waals surface area contributed by atoms with Crippen molar-refractivity contribution in [2.24, 2.45) is 7.05 Å². The smallest absolute Gasteiger partial charge is 0.272 e. The number of hydrogen-bond donors (Lipinski definition) is 1. The molecule has 4 aromatic rings. The maximum atomic E-state index is 13.9. The summed E-state index contributed by atoms with van der Waals surface area (Å²) in [4.78, 5) is 35.6. The number of carbonyl (C=O) groups is 2. The monoisotopic (exact) mass is 530 g/mol. The second-order valence-corrected chi connectivity index (χ2v) is 10.7. The van der Waals surface area contributed by atoms with Gasteiger partial charge in [-0.1, -0.05) is 0 Å². The van der Waals surface area contributed by atoms with Crippen molar-refractivity contribution in [3.63, 3.8) is 0 Å². The highest BCUT2D eigenvalue weighted by Gasteiger charge is 2.43. The molecule has 1 N–H and O–H groups in total. The van der Waals surface area contributed by atoms with Gasteiger partial charge in [-0.15, -0.1) is 0 Å². The first kappa shape index (κ1) is 25.5. The lowest BCUT2D eigenvalue weighted by molar-refractivity contribution is 0.0718. The predicted octanol–water partition coefficient (Wildman–Crippen LogP) is 4.76. The van der Waals surface area contributed by atoms with E-state index in [0.29, 0.717) is 49.8 Å². The number of carbonyl (C=O) groups excluding carboxylic acids is 2. The molecule has 2 amide bonds. The molecule has 0 radical (unpaired) electrons. The molecule has 10 heteroatoms. The molecule has 0 saturated heterocycles. The van der Waals surface area contributed by atoms with Crippen LogP contribution < -0.4 is 5.32 Å². The summed E-state index contributed by atoms with van der Waals surface area (Å²) in [6.07, 6.45) is 6.24. The van der Waals surface area contributed by atoms with Crippen molar-refractivity contribution in [2.45, 2.75) is 78.6 Å². The fourth-order valence-corrected chi connectivity index (χ4v) is 5.84. The summed E-state index contributed by atoms with van der Waals surface area (Å²) in [6, 6.07) is 6.73. The molecule has 2 saturated carbocycles. The minimum absolute atomic E-state index is 0.0280. The highest BCUT2D eigenvalue weighted by Crippen LogP contribution is 2.40. The fraction of sp³-hybridized carbons (Fsp3) is 0.517. The molecular weight excluding hydrogens is 492 g/mol. The molecule has 206 valence electrons. The predicted molar refractivity (Wildman–Crippen MR) is 153 cm³/mol. The van der Waals surface area contributed by atoms with Gasteiger partial charge in [0.05, 0.1) is 23.0 Å². The zero-order valence-corrected chi connectivity index (χ0v) is 23.6. The van der Waals surface area contributed by atoms with Crippen LogP contribution in [0.5, 0.6) is 0 Å². The maximum Gasteiger partial charge on any atom is 0.272 e. The normalized spacial score (nSPS) is 15.3. The molecular formula is C29H38N8O2. The van der Waals surface area contributed by atoms with Crippen LogP contribution in [0.2, 0.25) is 0 Å². The second-order valence-electron chi connectivity index (χ2n) is 10.7. The first-order valence-corrected chi connectivity index (χ1v) is 14.3. The van der Waals surface area contributed by atoms with Crippen molar-refractivity contribution in [2.75, 3.05) is 18.4 Å². The van der Waals surface area contributed by atoms with Gasteiger partial charge in [-0.25, -0.2) is 4.98 Å². The van der Waals surface area contributed by atoms with Crippen LogP contribution in [-0.4, -0.2) is 70.7 Å². The molecule has 0 unspecified atom stereocenters. The Bertz CT molecular complexity index is 1550. The van der Waals surface area contributed by atoms with Crippen LogP contribution in [0.4, 0.5) is 11.5 Å². The van der Waals surface area contributed by atoms with E-state index in [2.05, 4.69) is 33.8 Å². The topological polar surface area (TPSA) is 93.2 Å². The van der Waals surface area contributed by atoms with Crippen molar-refractivity contribution in [3.05, 3.63) is 35.9 Å². The van der Waals surface area contributed by atoms with Crippen LogP contribution in [-0.2, 0) is 20.1 Å². The average molecular weight is 531 g/mol. The van der Waals surface area contributed by atoms with Gasteiger partial charge in [0, 0.05) is 56.8 Å². The van der Waals surface area contributed by atoms with E-state index >= 15 is 0 Å². The fourth-order valence-electron chi connectivity index (χ4n) is 5.84. The van der Waals surface area contributed by atoms with Crippen LogP contribution in [0.15, 0.2) is 24.5 Å². The Hall–Kier alpha value is -3.82. The Labute approximate surface area is 228 Å². The van der Waals surface area contributed by atoms with Gasteiger partial charge >= 0.3 is 0 Å². The van der Waals surface area contributed by atoms with Crippen molar-refractivity contribution < 1.29 is 9.59 Å². The molecule has 2 fully saturated rings. The summed E-state index contributed by atoms with van der Waals surface area (Å²) in [5.74, 6) is 0.710. The number of aryl methyl sites for hydroxylation is 3. The van der Waals surface area contributed by atoms with E-state index in [0.717, 1.165) is 59.0 Å². The van der Waals surface area contributed by atoms with Gasteiger partial charge in [0.2, 0.25) is 0 Å². The summed E-state index contributed by atoms with van der Waals surface area (Å²) in [5.41, 5.74) is 4.87. The second kappa shape index (κ2) is 9.73. The van der Waals surface area contributed by atoms with Crippen LogP contribution in [0.1, 0.15) is 74.4 Å². The number of nitrogens with zero attached hydrogens (tertiary/aromatic N) is 7. The van der Waals surface area contributed by atoms with E-state index < -0.39 is 0 Å². The Balaban J connectivity index is 1.44. The third-order valence-corrected chi connectivity index (χ3v) is 8.13. The zero-order valence-electron chi connectivity index (χ0n) is 23.6. The van der Waals surface area contributed by atoms with Gasteiger partial charge in [-0.05, 0) is 65.5 Å². The van der Waals surface area contributed by atoms with E-state index in [9.17, 15) is 9.59 Å². The minimum Gasteiger partial charge on any atom is -0.338 e. The quantitative estimate of drug-likeness (QED) is 0.319. The average Bonchev–Trinajstić information content (AvgIpc) is 3.84. The Kier molecular flexibility index (Phi) is 6.35. The molecule has 39 heavy (non-hydrogen) atoms. The van der Waals surface area contributed by atoms with Crippen molar-refractivity contribution in [1.29, 1.82) is 0 Å². The molecule has 0 spiro atoms. The summed E-state index contributed by atoms with van der Waals surface area (Å²) in [6.45, 7) is 10.6. The van der Waals surface area contributed by atoms with Gasteiger partial charge in [0.15, 0.2) is 5.82 Å². The van der Waals surface area contributed by atoms with E-state index in [4.69, 9.17) is 10.1 Å². The highest BCUT2D eigenvalue weighted by atomic mass is 16.2. The summed E-state index contributed by atoms with van der Waals surface area (Å²) in [7, 11) is 1.98. The summed E-state index contributed by atoms with van der Waals surface area (Å²) in [5, 5.41) is 9.17. The molecule has 0 bridgehead atoms. The lowest BCUT2D eigenvalue weighted by Gasteiger charge is -2.22. The number of imidazole rings is 1. The SMILES string of the molecule is CCN(CC)C(=O)c1cc(Nc2cc3c(cc(C(=O)N(C4CC4)C4CC4)n3CC)c3c2ncn3C)nn1CC.